The second-order valence-electron chi connectivity index (χ2n) is 4.03. The van der Waals surface area contributed by atoms with E-state index in [9.17, 15) is 4.79 Å². The molecule has 1 aliphatic rings. The molecule has 0 amide bonds. The van der Waals surface area contributed by atoms with Crippen LogP contribution >= 0.6 is 22.6 Å². The van der Waals surface area contributed by atoms with Gasteiger partial charge in [0.05, 0.1) is 0 Å². The van der Waals surface area contributed by atoms with Gasteiger partial charge in [-0.25, -0.2) is 0 Å². The van der Waals surface area contributed by atoms with Crippen molar-refractivity contribution in [3.8, 4) is 0 Å². The minimum Gasteiger partial charge on any atom is -0.294 e. The van der Waals surface area contributed by atoms with E-state index in [0.29, 0.717) is 11.7 Å². The summed E-state index contributed by atoms with van der Waals surface area (Å²) in [6.07, 6.45) is 3.24. The lowest BCUT2D eigenvalue weighted by atomic mass is 10.0. The number of Topliss-reactive ketones (excluding diaryl/α,β-unsaturated/α-hetero) is 1. The smallest absolute Gasteiger partial charge is 0.163 e. The third kappa shape index (κ3) is 2.35. The van der Waals surface area contributed by atoms with Crippen molar-refractivity contribution in [2.75, 3.05) is 0 Å². The Morgan fingerprint density at radius 2 is 2.21 bits per heavy atom. The SMILES string of the molecule is Cc1ccc(C(=O)CC2CC2)cc1I. The van der Waals surface area contributed by atoms with E-state index in [4.69, 9.17) is 0 Å². The standard InChI is InChI=1S/C12H13IO/c1-8-2-5-10(7-11(8)13)12(14)6-9-3-4-9/h2,5,7,9H,3-4,6H2,1H3. The molecule has 2 rings (SSSR count). The Kier molecular flexibility index (Phi) is 2.91. The van der Waals surface area contributed by atoms with E-state index >= 15 is 0 Å². The molecule has 0 aliphatic heterocycles. The number of ketones is 1. The summed E-state index contributed by atoms with van der Waals surface area (Å²) in [4.78, 5) is 11.8. The first-order valence-electron chi connectivity index (χ1n) is 4.96. The van der Waals surface area contributed by atoms with Crippen LogP contribution in [0, 0.1) is 16.4 Å². The average Bonchev–Trinajstić information content (AvgIpc) is 2.93. The van der Waals surface area contributed by atoms with Gasteiger partial charge in [-0.2, -0.15) is 0 Å². The minimum atomic E-state index is 0.311. The summed E-state index contributed by atoms with van der Waals surface area (Å²) in [5.74, 6) is 0.992. The summed E-state index contributed by atoms with van der Waals surface area (Å²) in [5.41, 5.74) is 2.13. The predicted molar refractivity (Wildman–Crippen MR) is 65.6 cm³/mol. The third-order valence-corrected chi connectivity index (χ3v) is 3.83. The number of rotatable bonds is 3. The van der Waals surface area contributed by atoms with Crippen LogP contribution in [-0.4, -0.2) is 5.78 Å². The van der Waals surface area contributed by atoms with Gasteiger partial charge >= 0.3 is 0 Å². The molecule has 0 spiro atoms. The van der Waals surface area contributed by atoms with Crippen molar-refractivity contribution in [1.29, 1.82) is 0 Å². The lowest BCUT2D eigenvalue weighted by molar-refractivity contribution is 0.0976. The molecule has 2 heteroatoms. The third-order valence-electron chi connectivity index (χ3n) is 2.66. The Labute approximate surface area is 98.0 Å². The highest BCUT2D eigenvalue weighted by atomic mass is 127. The molecule has 1 aromatic carbocycles. The van der Waals surface area contributed by atoms with Crippen LogP contribution in [0.15, 0.2) is 18.2 Å². The van der Waals surface area contributed by atoms with Gasteiger partial charge in [-0.15, -0.1) is 0 Å². The van der Waals surface area contributed by atoms with E-state index in [1.54, 1.807) is 0 Å². The zero-order valence-electron chi connectivity index (χ0n) is 8.22. The molecule has 0 heterocycles. The van der Waals surface area contributed by atoms with Crippen LogP contribution in [0.4, 0.5) is 0 Å². The molecule has 1 aromatic rings. The second kappa shape index (κ2) is 4.01. The summed E-state index contributed by atoms with van der Waals surface area (Å²) in [7, 11) is 0. The highest BCUT2D eigenvalue weighted by molar-refractivity contribution is 14.1. The van der Waals surface area contributed by atoms with Crippen LogP contribution in [0.25, 0.3) is 0 Å². The van der Waals surface area contributed by atoms with Gasteiger partial charge in [0.1, 0.15) is 0 Å². The zero-order chi connectivity index (χ0) is 10.1. The molecule has 0 aromatic heterocycles. The largest absolute Gasteiger partial charge is 0.294 e. The molecule has 0 N–H and O–H groups in total. The van der Waals surface area contributed by atoms with E-state index in [2.05, 4.69) is 29.5 Å². The number of hydrogen-bond acceptors (Lipinski definition) is 1. The van der Waals surface area contributed by atoms with Crippen LogP contribution in [0.3, 0.4) is 0 Å². The lowest BCUT2D eigenvalue weighted by Gasteiger charge is -2.02. The molecular weight excluding hydrogens is 287 g/mol. The first-order valence-corrected chi connectivity index (χ1v) is 6.04. The molecule has 74 valence electrons. The number of carbonyl (C=O) groups excluding carboxylic acids is 1. The van der Waals surface area contributed by atoms with Gasteiger partial charge in [0, 0.05) is 15.6 Å². The summed E-state index contributed by atoms with van der Waals surface area (Å²) < 4.78 is 1.18. The number of benzene rings is 1. The lowest BCUT2D eigenvalue weighted by Crippen LogP contribution is -2.00. The van der Waals surface area contributed by atoms with Gasteiger partial charge in [-0.3, -0.25) is 4.79 Å². The van der Waals surface area contributed by atoms with Gasteiger partial charge in [-0.05, 0) is 59.9 Å². The molecule has 0 saturated heterocycles. The molecule has 0 unspecified atom stereocenters. The maximum absolute atomic E-state index is 11.8. The normalized spacial score (nSPS) is 15.6. The van der Waals surface area contributed by atoms with Crippen molar-refractivity contribution in [3.05, 3.63) is 32.9 Å². The predicted octanol–water partition coefficient (Wildman–Crippen LogP) is 3.58. The molecule has 14 heavy (non-hydrogen) atoms. The van der Waals surface area contributed by atoms with Crippen LogP contribution in [0.5, 0.6) is 0 Å². The van der Waals surface area contributed by atoms with E-state index in [0.717, 1.165) is 12.0 Å². The van der Waals surface area contributed by atoms with Crippen molar-refractivity contribution in [2.24, 2.45) is 5.92 Å². The Balaban J connectivity index is 2.14. The van der Waals surface area contributed by atoms with Crippen LogP contribution in [-0.2, 0) is 0 Å². The monoisotopic (exact) mass is 300 g/mol. The fourth-order valence-corrected chi connectivity index (χ4v) is 1.98. The molecule has 0 bridgehead atoms. The number of aryl methyl sites for hydroxylation is 1. The van der Waals surface area contributed by atoms with Gasteiger partial charge in [-0.1, -0.05) is 12.1 Å². The number of halogens is 1. The van der Waals surface area contributed by atoms with Gasteiger partial charge < -0.3 is 0 Å². The topological polar surface area (TPSA) is 17.1 Å². The van der Waals surface area contributed by atoms with Crippen molar-refractivity contribution >= 4 is 28.4 Å². The Morgan fingerprint density at radius 1 is 1.50 bits per heavy atom. The summed E-state index contributed by atoms with van der Waals surface area (Å²) in [6.45, 7) is 2.07. The van der Waals surface area contributed by atoms with E-state index in [1.165, 1.54) is 22.0 Å². The summed E-state index contributed by atoms with van der Waals surface area (Å²) in [5, 5.41) is 0. The van der Waals surface area contributed by atoms with E-state index in [1.807, 2.05) is 18.2 Å². The summed E-state index contributed by atoms with van der Waals surface area (Å²) in [6, 6.07) is 5.98. The molecule has 0 atom stereocenters. The summed E-state index contributed by atoms with van der Waals surface area (Å²) >= 11 is 2.28. The molecular formula is C12H13IO. The highest BCUT2D eigenvalue weighted by Crippen LogP contribution is 2.33. The van der Waals surface area contributed by atoms with Crippen molar-refractivity contribution in [3.63, 3.8) is 0 Å². The van der Waals surface area contributed by atoms with E-state index < -0.39 is 0 Å². The Bertz CT molecular complexity index is 367. The average molecular weight is 300 g/mol. The Morgan fingerprint density at radius 3 is 2.79 bits per heavy atom. The van der Waals surface area contributed by atoms with E-state index in [-0.39, 0.29) is 0 Å². The first kappa shape index (κ1) is 10.1. The number of carbonyl (C=O) groups is 1. The van der Waals surface area contributed by atoms with Crippen LogP contribution in [0.2, 0.25) is 0 Å². The quantitative estimate of drug-likeness (QED) is 0.616. The van der Waals surface area contributed by atoms with Crippen LogP contribution in [0.1, 0.15) is 35.2 Å². The molecule has 1 nitrogen and oxygen atoms in total. The maximum Gasteiger partial charge on any atom is 0.163 e. The number of hydrogen-bond donors (Lipinski definition) is 0. The van der Waals surface area contributed by atoms with Crippen molar-refractivity contribution in [1.82, 2.24) is 0 Å². The maximum atomic E-state index is 11.8. The molecule has 1 saturated carbocycles. The van der Waals surface area contributed by atoms with Crippen LogP contribution < -0.4 is 0 Å². The fourth-order valence-electron chi connectivity index (χ4n) is 1.47. The zero-order valence-corrected chi connectivity index (χ0v) is 10.4. The highest BCUT2D eigenvalue weighted by Gasteiger charge is 2.24. The molecule has 1 fully saturated rings. The van der Waals surface area contributed by atoms with Crippen molar-refractivity contribution in [2.45, 2.75) is 26.2 Å². The van der Waals surface area contributed by atoms with Gasteiger partial charge in [0.25, 0.3) is 0 Å². The molecule has 1 aliphatic carbocycles. The van der Waals surface area contributed by atoms with Crippen molar-refractivity contribution < 1.29 is 4.79 Å². The van der Waals surface area contributed by atoms with Gasteiger partial charge in [0.2, 0.25) is 0 Å². The first-order chi connectivity index (χ1) is 6.66. The Hall–Kier alpha value is -0.380. The minimum absolute atomic E-state index is 0.311. The van der Waals surface area contributed by atoms with Gasteiger partial charge in [0.15, 0.2) is 5.78 Å². The molecule has 0 radical (unpaired) electrons. The fraction of sp³-hybridized carbons (Fsp3) is 0.417. The second-order valence-corrected chi connectivity index (χ2v) is 5.20.